The zero-order valence-electron chi connectivity index (χ0n) is 14.8. The summed E-state index contributed by atoms with van der Waals surface area (Å²) in [6, 6.07) is 14.9. The molecule has 2 aromatic carbocycles. The highest BCUT2D eigenvalue weighted by atomic mass is 79.9. The lowest BCUT2D eigenvalue weighted by molar-refractivity contribution is -0.130. The normalized spacial score (nSPS) is 14.4. The number of halogens is 1. The molecule has 5 nitrogen and oxygen atoms in total. The maximum Gasteiger partial charge on any atom is 0.259 e. The van der Waals surface area contributed by atoms with Crippen molar-refractivity contribution in [2.24, 2.45) is 0 Å². The second kappa shape index (κ2) is 7.50. The first-order chi connectivity index (χ1) is 12.4. The van der Waals surface area contributed by atoms with Crippen LogP contribution in [0.1, 0.15) is 28.8 Å². The summed E-state index contributed by atoms with van der Waals surface area (Å²) in [5.74, 6) is 0.225. The van der Waals surface area contributed by atoms with Crippen molar-refractivity contribution < 1.29 is 14.3 Å². The quantitative estimate of drug-likeness (QED) is 0.785. The second-order valence-corrected chi connectivity index (χ2v) is 7.56. The van der Waals surface area contributed by atoms with E-state index in [1.54, 1.807) is 38.4 Å². The van der Waals surface area contributed by atoms with E-state index in [4.69, 9.17) is 4.74 Å². The van der Waals surface area contributed by atoms with Gasteiger partial charge in [-0.05, 0) is 48.7 Å². The number of carbonyl (C=O) groups excluding carboxylic acids is 2. The number of nitrogens with one attached hydrogen (secondary N) is 1. The maximum atomic E-state index is 12.7. The largest absolute Gasteiger partial charge is 0.484 e. The van der Waals surface area contributed by atoms with Gasteiger partial charge in [-0.25, -0.2) is 0 Å². The van der Waals surface area contributed by atoms with Crippen LogP contribution in [0, 0.1) is 0 Å². The molecule has 1 fully saturated rings. The van der Waals surface area contributed by atoms with Crippen LogP contribution in [0.3, 0.4) is 0 Å². The van der Waals surface area contributed by atoms with E-state index in [1.165, 1.54) is 4.90 Å². The average molecular weight is 417 g/mol. The third-order valence-electron chi connectivity index (χ3n) is 4.46. The van der Waals surface area contributed by atoms with Crippen LogP contribution < -0.4 is 10.1 Å². The molecule has 6 heteroatoms. The van der Waals surface area contributed by atoms with Gasteiger partial charge in [0.25, 0.3) is 11.8 Å². The van der Waals surface area contributed by atoms with E-state index in [0.29, 0.717) is 11.3 Å². The molecular formula is C20H21BrN2O3. The van der Waals surface area contributed by atoms with Crippen molar-refractivity contribution in [2.75, 3.05) is 20.7 Å². The minimum absolute atomic E-state index is 0.0547. The topological polar surface area (TPSA) is 58.6 Å². The van der Waals surface area contributed by atoms with Crippen molar-refractivity contribution in [1.29, 1.82) is 0 Å². The highest BCUT2D eigenvalue weighted by molar-refractivity contribution is 9.10. The summed E-state index contributed by atoms with van der Waals surface area (Å²) >= 11 is 3.43. The Morgan fingerprint density at radius 1 is 1.15 bits per heavy atom. The van der Waals surface area contributed by atoms with Gasteiger partial charge in [0.2, 0.25) is 0 Å². The Hall–Kier alpha value is -2.34. The second-order valence-electron chi connectivity index (χ2n) is 6.65. The summed E-state index contributed by atoms with van der Waals surface area (Å²) in [6.45, 7) is -0.0547. The Bertz CT molecular complexity index is 814. The number of benzene rings is 2. The number of carbonyl (C=O) groups is 2. The van der Waals surface area contributed by atoms with Crippen LogP contribution in [0.25, 0.3) is 0 Å². The van der Waals surface area contributed by atoms with Crippen molar-refractivity contribution in [3.63, 3.8) is 0 Å². The number of hydrogen-bond donors (Lipinski definition) is 1. The van der Waals surface area contributed by atoms with Crippen molar-refractivity contribution in [3.05, 3.63) is 64.1 Å². The standard InChI is InChI=1S/C20H21BrN2O3/c1-23(2)18(24)13-26-17-5-3-4-14(12-17)19(25)22-20(10-11-20)15-6-8-16(21)9-7-15/h3-9,12H,10-11,13H2,1-2H3,(H,22,25). The predicted molar refractivity (Wildman–Crippen MR) is 103 cm³/mol. The summed E-state index contributed by atoms with van der Waals surface area (Å²) in [7, 11) is 3.35. The molecule has 136 valence electrons. The number of hydrogen-bond acceptors (Lipinski definition) is 3. The van der Waals surface area contributed by atoms with Crippen molar-refractivity contribution in [1.82, 2.24) is 10.2 Å². The van der Waals surface area contributed by atoms with E-state index in [1.807, 2.05) is 24.3 Å². The number of rotatable bonds is 6. The highest BCUT2D eigenvalue weighted by Gasteiger charge is 2.45. The lowest BCUT2D eigenvalue weighted by atomic mass is 10.0. The Labute approximate surface area is 161 Å². The van der Waals surface area contributed by atoms with Gasteiger partial charge < -0.3 is 15.0 Å². The Kier molecular flexibility index (Phi) is 5.32. The van der Waals surface area contributed by atoms with Gasteiger partial charge in [-0.1, -0.05) is 34.1 Å². The first kappa shape index (κ1) is 18.5. The smallest absolute Gasteiger partial charge is 0.259 e. The molecule has 0 atom stereocenters. The molecule has 0 spiro atoms. The molecule has 0 heterocycles. The molecule has 2 amide bonds. The Morgan fingerprint density at radius 2 is 1.85 bits per heavy atom. The average Bonchev–Trinajstić information content (AvgIpc) is 3.41. The van der Waals surface area contributed by atoms with Crippen LogP contribution in [-0.4, -0.2) is 37.4 Å². The predicted octanol–water partition coefficient (Wildman–Crippen LogP) is 3.34. The third kappa shape index (κ3) is 4.25. The van der Waals surface area contributed by atoms with E-state index in [0.717, 1.165) is 22.9 Å². The van der Waals surface area contributed by atoms with Gasteiger partial charge in [0, 0.05) is 24.1 Å². The van der Waals surface area contributed by atoms with Crippen LogP contribution in [0.2, 0.25) is 0 Å². The SMILES string of the molecule is CN(C)C(=O)COc1cccc(C(=O)NC2(c3ccc(Br)cc3)CC2)c1. The van der Waals surface area contributed by atoms with Gasteiger partial charge in [-0.3, -0.25) is 9.59 Å². The lowest BCUT2D eigenvalue weighted by Gasteiger charge is -2.18. The molecule has 1 saturated carbocycles. The van der Waals surface area contributed by atoms with Gasteiger partial charge in [-0.15, -0.1) is 0 Å². The maximum absolute atomic E-state index is 12.7. The van der Waals surface area contributed by atoms with Gasteiger partial charge in [0.15, 0.2) is 6.61 Å². The van der Waals surface area contributed by atoms with Crippen molar-refractivity contribution >= 4 is 27.7 Å². The molecule has 2 aromatic rings. The van der Waals surface area contributed by atoms with Crippen LogP contribution in [0.5, 0.6) is 5.75 Å². The molecule has 0 bridgehead atoms. The van der Waals surface area contributed by atoms with E-state index in [9.17, 15) is 9.59 Å². The van der Waals surface area contributed by atoms with Gasteiger partial charge in [0.05, 0.1) is 5.54 Å². The fourth-order valence-electron chi connectivity index (χ4n) is 2.67. The molecule has 1 N–H and O–H groups in total. The van der Waals surface area contributed by atoms with Crippen molar-refractivity contribution in [2.45, 2.75) is 18.4 Å². The molecule has 0 saturated heterocycles. The highest BCUT2D eigenvalue weighted by Crippen LogP contribution is 2.45. The molecule has 26 heavy (non-hydrogen) atoms. The van der Waals surface area contributed by atoms with E-state index >= 15 is 0 Å². The zero-order chi connectivity index (χ0) is 18.7. The molecule has 0 aliphatic heterocycles. The van der Waals surface area contributed by atoms with E-state index in [2.05, 4.69) is 21.2 Å². The molecule has 3 rings (SSSR count). The van der Waals surface area contributed by atoms with Gasteiger partial charge >= 0.3 is 0 Å². The zero-order valence-corrected chi connectivity index (χ0v) is 16.4. The summed E-state index contributed by atoms with van der Waals surface area (Å²) in [4.78, 5) is 25.8. The number of likely N-dealkylation sites (N-methyl/N-ethyl adjacent to an activating group) is 1. The number of amides is 2. The molecular weight excluding hydrogens is 396 g/mol. The minimum Gasteiger partial charge on any atom is -0.484 e. The van der Waals surface area contributed by atoms with Crippen LogP contribution >= 0.6 is 15.9 Å². The summed E-state index contributed by atoms with van der Waals surface area (Å²) in [5.41, 5.74) is 1.34. The lowest BCUT2D eigenvalue weighted by Crippen LogP contribution is -2.34. The summed E-state index contributed by atoms with van der Waals surface area (Å²) in [6.07, 6.45) is 1.85. The Balaban J connectivity index is 1.67. The van der Waals surface area contributed by atoms with Crippen LogP contribution in [-0.2, 0) is 10.3 Å². The molecule has 1 aliphatic carbocycles. The monoisotopic (exact) mass is 416 g/mol. The molecule has 0 aromatic heterocycles. The minimum atomic E-state index is -0.282. The van der Waals surface area contributed by atoms with Crippen molar-refractivity contribution in [3.8, 4) is 5.75 Å². The van der Waals surface area contributed by atoms with Crippen LogP contribution in [0.15, 0.2) is 53.0 Å². The van der Waals surface area contributed by atoms with Crippen LogP contribution in [0.4, 0.5) is 0 Å². The molecule has 1 aliphatic rings. The fourth-order valence-corrected chi connectivity index (χ4v) is 2.93. The summed E-state index contributed by atoms with van der Waals surface area (Å²) < 4.78 is 6.50. The fraction of sp³-hybridized carbons (Fsp3) is 0.300. The number of ether oxygens (including phenoxy) is 1. The van der Waals surface area contributed by atoms with Gasteiger partial charge in [-0.2, -0.15) is 0 Å². The first-order valence-electron chi connectivity index (χ1n) is 8.41. The van der Waals surface area contributed by atoms with E-state index < -0.39 is 0 Å². The third-order valence-corrected chi connectivity index (χ3v) is 4.99. The number of nitrogens with zero attached hydrogens (tertiary/aromatic N) is 1. The molecule has 0 radical (unpaired) electrons. The summed E-state index contributed by atoms with van der Waals surface area (Å²) in [5, 5.41) is 3.14. The van der Waals surface area contributed by atoms with E-state index in [-0.39, 0.29) is 24.0 Å². The first-order valence-corrected chi connectivity index (χ1v) is 9.20. The van der Waals surface area contributed by atoms with Gasteiger partial charge in [0.1, 0.15) is 5.75 Å². The Morgan fingerprint density at radius 3 is 2.46 bits per heavy atom. The molecule has 0 unspecified atom stereocenters.